The average Bonchev–Trinajstić information content (AvgIpc) is 2.65. The van der Waals surface area contributed by atoms with Gasteiger partial charge in [-0.25, -0.2) is 13.2 Å². The molecule has 1 atom stereocenters. The third-order valence-corrected chi connectivity index (χ3v) is 4.87. The number of aromatic nitrogens is 1. The Morgan fingerprint density at radius 1 is 1.50 bits per heavy atom. The molecule has 0 aromatic carbocycles. The van der Waals surface area contributed by atoms with Crippen molar-refractivity contribution in [1.29, 1.82) is 0 Å². The molecule has 1 aromatic rings. The Balaban J connectivity index is 2.43. The number of hydrogen-bond donors (Lipinski definition) is 1. The molecule has 0 amide bonds. The number of aromatic carboxylic acids is 1. The molecule has 6 nitrogen and oxygen atoms in total. The van der Waals surface area contributed by atoms with Crippen LogP contribution in [0.2, 0.25) is 0 Å². The summed E-state index contributed by atoms with van der Waals surface area (Å²) in [7, 11) is -3.30. The first-order valence-electron chi connectivity index (χ1n) is 4.92. The van der Waals surface area contributed by atoms with Crippen molar-refractivity contribution in [2.45, 2.75) is 24.5 Å². The summed E-state index contributed by atoms with van der Waals surface area (Å²) in [4.78, 5) is 10.8. The Morgan fingerprint density at radius 3 is 2.88 bits per heavy atom. The summed E-state index contributed by atoms with van der Waals surface area (Å²) in [6.45, 7) is 0. The van der Waals surface area contributed by atoms with Crippen LogP contribution < -0.4 is 0 Å². The van der Waals surface area contributed by atoms with Crippen LogP contribution in [0.5, 0.6) is 0 Å². The molecule has 88 valence electrons. The van der Waals surface area contributed by atoms with E-state index in [-0.39, 0.29) is 17.1 Å². The maximum Gasteiger partial charge on any atom is 0.341 e. The number of nitrogens with zero attached hydrogens (tertiary/aromatic N) is 1. The topological polar surface area (TPSA) is 97.5 Å². The highest BCUT2D eigenvalue weighted by molar-refractivity contribution is 7.91. The van der Waals surface area contributed by atoms with Gasteiger partial charge in [-0.2, -0.15) is 0 Å². The first kappa shape index (κ1) is 11.1. The van der Waals surface area contributed by atoms with E-state index in [1.165, 1.54) is 0 Å². The average molecular weight is 245 g/mol. The van der Waals surface area contributed by atoms with Crippen LogP contribution in [-0.2, 0) is 9.84 Å². The zero-order chi connectivity index (χ0) is 11.8. The van der Waals surface area contributed by atoms with Gasteiger partial charge in [-0.05, 0) is 12.8 Å². The molecule has 1 fully saturated rings. The second-order valence-electron chi connectivity index (χ2n) is 3.76. The fourth-order valence-corrected chi connectivity index (χ4v) is 3.80. The number of carbonyl (C=O) groups is 1. The van der Waals surface area contributed by atoms with Crippen molar-refractivity contribution in [1.82, 2.24) is 5.16 Å². The van der Waals surface area contributed by atoms with Crippen LogP contribution in [0.3, 0.4) is 0 Å². The van der Waals surface area contributed by atoms with Crippen LogP contribution in [0.15, 0.2) is 10.7 Å². The molecule has 1 aromatic heterocycles. The summed E-state index contributed by atoms with van der Waals surface area (Å²) in [5, 5.41) is 11.4. The van der Waals surface area contributed by atoms with E-state index in [9.17, 15) is 13.2 Å². The summed E-state index contributed by atoms with van der Waals surface area (Å²) < 4.78 is 28.3. The van der Waals surface area contributed by atoms with E-state index in [0.29, 0.717) is 12.8 Å². The van der Waals surface area contributed by atoms with E-state index in [4.69, 9.17) is 9.63 Å². The molecule has 16 heavy (non-hydrogen) atoms. The fourth-order valence-electron chi connectivity index (χ4n) is 1.89. The van der Waals surface area contributed by atoms with Crippen LogP contribution in [0.1, 0.15) is 40.6 Å². The maximum atomic E-state index is 11.8. The lowest BCUT2D eigenvalue weighted by molar-refractivity contribution is 0.0694. The second-order valence-corrected chi connectivity index (χ2v) is 6.06. The lowest BCUT2D eigenvalue weighted by atomic mass is 10.1. The van der Waals surface area contributed by atoms with E-state index in [0.717, 1.165) is 12.6 Å². The van der Waals surface area contributed by atoms with Gasteiger partial charge in [0.25, 0.3) is 0 Å². The van der Waals surface area contributed by atoms with E-state index in [1.807, 2.05) is 0 Å². The molecule has 1 aliphatic rings. The highest BCUT2D eigenvalue weighted by Gasteiger charge is 2.36. The summed E-state index contributed by atoms with van der Waals surface area (Å²) in [6, 6.07) is 0. The summed E-state index contributed by atoms with van der Waals surface area (Å²) in [5.41, 5.74) is -0.157. The van der Waals surface area contributed by atoms with Gasteiger partial charge in [0, 0.05) is 0 Å². The van der Waals surface area contributed by atoms with Gasteiger partial charge in [-0.15, -0.1) is 0 Å². The Labute approximate surface area is 92.2 Å². The minimum absolute atomic E-state index is 0.0350. The standard InChI is InChI=1S/C9H11NO5S/c11-9(12)6-5-10-15-8(6)7-3-1-2-4-16(7,13)14/h5,7H,1-4H2,(H,11,12). The summed E-state index contributed by atoms with van der Waals surface area (Å²) >= 11 is 0. The lowest BCUT2D eigenvalue weighted by Gasteiger charge is -2.19. The number of carboxylic acid groups (broad SMARTS) is 1. The van der Waals surface area contributed by atoms with E-state index in [1.54, 1.807) is 0 Å². The predicted molar refractivity (Wildman–Crippen MR) is 53.8 cm³/mol. The zero-order valence-electron chi connectivity index (χ0n) is 8.42. The maximum absolute atomic E-state index is 11.8. The van der Waals surface area contributed by atoms with E-state index >= 15 is 0 Å². The summed E-state index contributed by atoms with van der Waals surface area (Å²) in [6.07, 6.45) is 2.82. The van der Waals surface area contributed by atoms with Crippen LogP contribution in [0, 0.1) is 0 Å². The van der Waals surface area contributed by atoms with Crippen molar-refractivity contribution in [3.05, 3.63) is 17.5 Å². The zero-order valence-corrected chi connectivity index (χ0v) is 9.24. The van der Waals surface area contributed by atoms with Crippen molar-refractivity contribution < 1.29 is 22.8 Å². The molecular formula is C9H11NO5S. The van der Waals surface area contributed by atoms with Crippen molar-refractivity contribution in [3.8, 4) is 0 Å². The van der Waals surface area contributed by atoms with Gasteiger partial charge in [0.15, 0.2) is 15.6 Å². The van der Waals surface area contributed by atoms with Gasteiger partial charge in [-0.3, -0.25) is 0 Å². The quantitative estimate of drug-likeness (QED) is 0.835. The molecule has 1 aliphatic heterocycles. The number of sulfone groups is 1. The SMILES string of the molecule is O=C(O)c1cnoc1C1CCCCS1(=O)=O. The first-order chi connectivity index (χ1) is 7.52. The third-order valence-electron chi connectivity index (χ3n) is 2.70. The van der Waals surface area contributed by atoms with Crippen molar-refractivity contribution in [3.63, 3.8) is 0 Å². The molecule has 0 saturated carbocycles. The van der Waals surface area contributed by atoms with Gasteiger partial charge in [0.05, 0.1) is 11.9 Å². The number of rotatable bonds is 2. The predicted octanol–water partition coefficient (Wildman–Crippen LogP) is 1.01. The molecule has 2 heterocycles. The highest BCUT2D eigenvalue weighted by atomic mass is 32.2. The van der Waals surface area contributed by atoms with Crippen LogP contribution in [-0.4, -0.2) is 30.4 Å². The van der Waals surface area contributed by atoms with Crippen molar-refractivity contribution >= 4 is 15.8 Å². The van der Waals surface area contributed by atoms with Crippen LogP contribution >= 0.6 is 0 Å². The normalized spacial score (nSPS) is 24.1. The molecule has 7 heteroatoms. The van der Waals surface area contributed by atoms with Crippen molar-refractivity contribution in [2.24, 2.45) is 0 Å². The van der Waals surface area contributed by atoms with E-state index < -0.39 is 21.1 Å². The molecule has 2 rings (SSSR count). The molecule has 0 spiro atoms. The Morgan fingerprint density at radius 2 is 2.25 bits per heavy atom. The Bertz CT molecular complexity index is 504. The Hall–Kier alpha value is -1.37. The van der Waals surface area contributed by atoms with Gasteiger partial charge in [0.1, 0.15) is 10.8 Å². The Kier molecular flexibility index (Phi) is 2.71. The summed E-state index contributed by atoms with van der Waals surface area (Å²) in [5.74, 6) is -1.17. The third kappa shape index (κ3) is 1.82. The second kappa shape index (κ2) is 3.89. The minimum atomic E-state index is -3.30. The highest BCUT2D eigenvalue weighted by Crippen LogP contribution is 2.34. The number of carboxylic acids is 1. The monoisotopic (exact) mass is 245 g/mol. The molecule has 1 saturated heterocycles. The van der Waals surface area contributed by atoms with Gasteiger partial charge >= 0.3 is 5.97 Å². The van der Waals surface area contributed by atoms with Gasteiger partial charge in [0.2, 0.25) is 0 Å². The van der Waals surface area contributed by atoms with E-state index in [2.05, 4.69) is 5.16 Å². The molecule has 1 unspecified atom stereocenters. The van der Waals surface area contributed by atoms with Gasteiger partial charge in [-0.1, -0.05) is 11.6 Å². The molecule has 1 N–H and O–H groups in total. The van der Waals surface area contributed by atoms with Crippen LogP contribution in [0.25, 0.3) is 0 Å². The van der Waals surface area contributed by atoms with Gasteiger partial charge < -0.3 is 9.63 Å². The largest absolute Gasteiger partial charge is 0.478 e. The number of hydrogen-bond acceptors (Lipinski definition) is 5. The fraction of sp³-hybridized carbons (Fsp3) is 0.556. The smallest absolute Gasteiger partial charge is 0.341 e. The lowest BCUT2D eigenvalue weighted by Crippen LogP contribution is -2.22. The molecule has 0 radical (unpaired) electrons. The molecule has 0 bridgehead atoms. The van der Waals surface area contributed by atoms with Crippen LogP contribution in [0.4, 0.5) is 0 Å². The van der Waals surface area contributed by atoms with Crippen molar-refractivity contribution in [2.75, 3.05) is 5.75 Å². The first-order valence-corrected chi connectivity index (χ1v) is 6.63. The minimum Gasteiger partial charge on any atom is -0.478 e. The molecule has 0 aliphatic carbocycles. The molecular weight excluding hydrogens is 234 g/mol.